The van der Waals surface area contributed by atoms with Crippen molar-refractivity contribution < 1.29 is 23.9 Å². The van der Waals surface area contributed by atoms with Crippen LogP contribution in [0.1, 0.15) is 53.2 Å². The number of hydrogen-bond donors (Lipinski definition) is 0. The first-order valence-electron chi connectivity index (χ1n) is 14.8. The van der Waals surface area contributed by atoms with Crippen molar-refractivity contribution in [3.8, 4) is 5.75 Å². The molecule has 3 aromatic rings. The zero-order valence-corrected chi connectivity index (χ0v) is 25.3. The Morgan fingerprint density at radius 2 is 1.65 bits per heavy atom. The lowest BCUT2D eigenvalue weighted by Crippen LogP contribution is -2.48. The number of carbonyl (C=O) groups excluding carboxylic acids is 3. The summed E-state index contributed by atoms with van der Waals surface area (Å²) in [7, 11) is 1.67. The third-order valence-electron chi connectivity index (χ3n) is 8.27. The summed E-state index contributed by atoms with van der Waals surface area (Å²) < 4.78 is 11.0. The lowest BCUT2D eigenvalue weighted by Gasteiger charge is -2.36. The molecule has 0 aliphatic carbocycles. The van der Waals surface area contributed by atoms with Gasteiger partial charge in [0.25, 0.3) is 5.91 Å². The predicted octanol–water partition coefficient (Wildman–Crippen LogP) is 5.32. The maximum absolute atomic E-state index is 13.5. The standard InChI is InChI=1S/C35H39N3O5/c1-5-43-35(41)33-25(3)38(32(39)22-29(33)27-12-8-10-24(2)20-27)23-26-11-9-13-28(21-26)34(40)37-18-16-36(17-19-37)30-14-6-7-15-31(30)42-4/h6-15,20-21,29H,5,16-19,22-23H2,1-4H3/t29-/m0/s1. The number of amides is 2. The quantitative estimate of drug-likeness (QED) is 0.335. The molecule has 0 bridgehead atoms. The molecule has 0 N–H and O–H groups in total. The van der Waals surface area contributed by atoms with Gasteiger partial charge in [-0.1, -0.05) is 54.1 Å². The average Bonchev–Trinajstić information content (AvgIpc) is 3.02. The number of aryl methyl sites for hydroxylation is 1. The highest BCUT2D eigenvalue weighted by atomic mass is 16.5. The van der Waals surface area contributed by atoms with Crippen LogP contribution < -0.4 is 9.64 Å². The minimum absolute atomic E-state index is 0.0366. The Morgan fingerprint density at radius 3 is 2.37 bits per heavy atom. The molecule has 0 spiro atoms. The highest BCUT2D eigenvalue weighted by molar-refractivity contribution is 5.96. The number of hydrogen-bond acceptors (Lipinski definition) is 6. The van der Waals surface area contributed by atoms with Crippen LogP contribution in [0.3, 0.4) is 0 Å². The molecule has 3 aromatic carbocycles. The summed E-state index contributed by atoms with van der Waals surface area (Å²) in [4.78, 5) is 45.9. The van der Waals surface area contributed by atoms with Gasteiger partial charge in [0.05, 0.1) is 31.5 Å². The number of allylic oxidation sites excluding steroid dienone is 1. The van der Waals surface area contributed by atoms with Gasteiger partial charge in [-0.25, -0.2) is 4.79 Å². The molecule has 1 saturated heterocycles. The molecular weight excluding hydrogens is 542 g/mol. The number of piperazine rings is 1. The van der Waals surface area contributed by atoms with E-state index in [-0.39, 0.29) is 37.3 Å². The Balaban J connectivity index is 1.33. The fraction of sp³-hybridized carbons (Fsp3) is 0.343. The zero-order valence-electron chi connectivity index (χ0n) is 25.3. The molecule has 8 nitrogen and oxygen atoms in total. The van der Waals surface area contributed by atoms with Crippen LogP contribution in [0.15, 0.2) is 84.1 Å². The second-order valence-electron chi connectivity index (χ2n) is 11.0. The monoisotopic (exact) mass is 581 g/mol. The Labute approximate surface area is 253 Å². The van der Waals surface area contributed by atoms with E-state index in [1.54, 1.807) is 18.9 Å². The molecule has 1 atom stereocenters. The number of rotatable bonds is 8. The minimum Gasteiger partial charge on any atom is -0.495 e. The summed E-state index contributed by atoms with van der Waals surface area (Å²) in [6.07, 6.45) is 0.171. The smallest absolute Gasteiger partial charge is 0.336 e. The van der Waals surface area contributed by atoms with E-state index in [4.69, 9.17) is 9.47 Å². The van der Waals surface area contributed by atoms with Crippen LogP contribution in [0, 0.1) is 6.92 Å². The Bertz CT molecular complexity index is 1540. The molecule has 8 heteroatoms. The second-order valence-corrected chi connectivity index (χ2v) is 11.0. The number of anilines is 1. The van der Waals surface area contributed by atoms with Crippen LogP contribution in [0.5, 0.6) is 5.75 Å². The summed E-state index contributed by atoms with van der Waals surface area (Å²) in [6.45, 7) is 8.69. The number of benzene rings is 3. The molecule has 2 aliphatic heterocycles. The minimum atomic E-state index is -0.403. The van der Waals surface area contributed by atoms with Crippen molar-refractivity contribution in [1.29, 1.82) is 0 Å². The Hall–Kier alpha value is -4.59. The molecular formula is C35H39N3O5. The van der Waals surface area contributed by atoms with Crippen LogP contribution in [-0.2, 0) is 20.9 Å². The van der Waals surface area contributed by atoms with E-state index in [9.17, 15) is 14.4 Å². The topological polar surface area (TPSA) is 79.4 Å². The zero-order chi connectivity index (χ0) is 30.5. The van der Waals surface area contributed by atoms with Gasteiger partial charge in [0.1, 0.15) is 5.75 Å². The van der Waals surface area contributed by atoms with Crippen LogP contribution in [0.2, 0.25) is 0 Å². The number of para-hydroxylation sites is 2. The van der Waals surface area contributed by atoms with E-state index < -0.39 is 5.97 Å². The summed E-state index contributed by atoms with van der Waals surface area (Å²) in [5, 5.41) is 0. The van der Waals surface area contributed by atoms with Gasteiger partial charge in [0, 0.05) is 49.8 Å². The molecule has 0 radical (unpaired) electrons. The average molecular weight is 582 g/mol. The van der Waals surface area contributed by atoms with E-state index in [0.717, 1.165) is 28.1 Å². The van der Waals surface area contributed by atoms with Crippen LogP contribution >= 0.6 is 0 Å². The summed E-state index contributed by atoms with van der Waals surface area (Å²) in [5.74, 6) is -0.0556. The Kier molecular flexibility index (Phi) is 9.14. The lowest BCUT2D eigenvalue weighted by atomic mass is 9.83. The molecule has 2 aliphatic rings. The third kappa shape index (κ3) is 6.43. The molecule has 0 aromatic heterocycles. The van der Waals surface area contributed by atoms with Gasteiger partial charge in [-0.05, 0) is 56.2 Å². The van der Waals surface area contributed by atoms with Crippen LogP contribution in [0.4, 0.5) is 5.69 Å². The van der Waals surface area contributed by atoms with Crippen molar-refractivity contribution in [2.24, 2.45) is 0 Å². The molecule has 1 fully saturated rings. The van der Waals surface area contributed by atoms with Crippen LogP contribution in [0.25, 0.3) is 0 Å². The fourth-order valence-electron chi connectivity index (χ4n) is 6.06. The maximum Gasteiger partial charge on any atom is 0.336 e. The van der Waals surface area contributed by atoms with Gasteiger partial charge in [0.2, 0.25) is 5.91 Å². The van der Waals surface area contributed by atoms with E-state index in [2.05, 4.69) is 4.90 Å². The number of ether oxygens (including phenoxy) is 2. The first-order valence-corrected chi connectivity index (χ1v) is 14.8. The molecule has 0 unspecified atom stereocenters. The van der Waals surface area contributed by atoms with Crippen molar-refractivity contribution in [2.75, 3.05) is 44.8 Å². The lowest BCUT2D eigenvalue weighted by molar-refractivity contribution is -0.140. The van der Waals surface area contributed by atoms with E-state index in [1.165, 1.54) is 0 Å². The molecule has 224 valence electrons. The van der Waals surface area contributed by atoms with Gasteiger partial charge < -0.3 is 24.2 Å². The summed E-state index contributed by atoms with van der Waals surface area (Å²) in [5.41, 5.74) is 5.52. The summed E-state index contributed by atoms with van der Waals surface area (Å²) in [6, 6.07) is 23.3. The van der Waals surface area contributed by atoms with Gasteiger partial charge in [0.15, 0.2) is 0 Å². The normalized spacial score (nSPS) is 17.3. The molecule has 2 heterocycles. The van der Waals surface area contributed by atoms with Crippen molar-refractivity contribution in [3.05, 3.63) is 106 Å². The predicted molar refractivity (Wildman–Crippen MR) is 166 cm³/mol. The Morgan fingerprint density at radius 1 is 0.907 bits per heavy atom. The maximum atomic E-state index is 13.5. The first-order chi connectivity index (χ1) is 20.8. The van der Waals surface area contributed by atoms with Crippen molar-refractivity contribution in [1.82, 2.24) is 9.80 Å². The second kappa shape index (κ2) is 13.2. The first kappa shape index (κ1) is 29.9. The molecule has 43 heavy (non-hydrogen) atoms. The third-order valence-corrected chi connectivity index (χ3v) is 8.27. The largest absolute Gasteiger partial charge is 0.495 e. The number of esters is 1. The SMILES string of the molecule is CCOC(=O)C1=C(C)N(Cc2cccc(C(=O)N3CCN(c4ccccc4OC)CC3)c2)C(=O)C[C@H]1c1cccc(C)c1. The highest BCUT2D eigenvalue weighted by Crippen LogP contribution is 2.38. The summed E-state index contributed by atoms with van der Waals surface area (Å²) >= 11 is 0. The molecule has 5 rings (SSSR count). The van der Waals surface area contributed by atoms with Crippen molar-refractivity contribution >= 4 is 23.5 Å². The number of methoxy groups -OCH3 is 1. The van der Waals surface area contributed by atoms with E-state index in [1.807, 2.05) is 91.5 Å². The number of carbonyl (C=O) groups is 3. The van der Waals surface area contributed by atoms with Gasteiger partial charge >= 0.3 is 5.97 Å². The van der Waals surface area contributed by atoms with Crippen molar-refractivity contribution in [2.45, 2.75) is 39.7 Å². The van der Waals surface area contributed by atoms with Crippen molar-refractivity contribution in [3.63, 3.8) is 0 Å². The number of nitrogens with zero attached hydrogens (tertiary/aromatic N) is 3. The van der Waals surface area contributed by atoms with Gasteiger partial charge in [-0.2, -0.15) is 0 Å². The molecule has 2 amide bonds. The van der Waals surface area contributed by atoms with Gasteiger partial charge in [-0.15, -0.1) is 0 Å². The van der Waals surface area contributed by atoms with E-state index >= 15 is 0 Å². The van der Waals surface area contributed by atoms with Gasteiger partial charge in [-0.3, -0.25) is 9.59 Å². The van der Waals surface area contributed by atoms with E-state index in [0.29, 0.717) is 43.0 Å². The van der Waals surface area contributed by atoms with Crippen LogP contribution in [-0.4, -0.2) is 67.5 Å². The molecule has 0 saturated carbocycles. The highest BCUT2D eigenvalue weighted by Gasteiger charge is 2.37. The fourth-order valence-corrected chi connectivity index (χ4v) is 6.06.